The van der Waals surface area contributed by atoms with E-state index in [4.69, 9.17) is 0 Å². The molecule has 1 aliphatic rings. The smallest absolute Gasteiger partial charge is 0.118 e. The molecule has 1 atom stereocenters. The molecule has 0 spiro atoms. The molecule has 3 rings (SSSR count). The summed E-state index contributed by atoms with van der Waals surface area (Å²) in [7, 11) is 0. The van der Waals surface area contributed by atoms with Crippen molar-refractivity contribution in [1.29, 1.82) is 0 Å². The Hall–Kier alpha value is -0.748. The molecule has 19 heavy (non-hydrogen) atoms. The van der Waals surface area contributed by atoms with E-state index < -0.39 is 0 Å². The number of rotatable bonds is 3. The molecule has 3 heteroatoms. The monoisotopic (exact) mass is 268 g/mol. The second-order valence-electron chi connectivity index (χ2n) is 5.71. The molecule has 1 aromatic heterocycles. The molecule has 2 nitrogen and oxygen atoms in total. The molecule has 0 saturated carbocycles. The number of nitrogens with zero attached hydrogens (tertiary/aromatic N) is 1. The Morgan fingerprint density at radius 3 is 3.05 bits per heavy atom. The number of hydrogen-bond donors (Lipinski definition) is 1. The molecular formula is C16H21AlN2. The first kappa shape index (κ1) is 13.2. The average Bonchev–Trinajstić information content (AvgIpc) is 2.71. The predicted octanol–water partition coefficient (Wildman–Crippen LogP) is 3.13. The first-order valence-electron chi connectivity index (χ1n) is 7.24. The quantitative estimate of drug-likeness (QED) is 0.846. The fourth-order valence-electron chi connectivity index (χ4n) is 3.31. The Balaban J connectivity index is 2.23. The summed E-state index contributed by atoms with van der Waals surface area (Å²) in [6.45, 7) is 7.79. The average molecular weight is 268 g/mol. The van der Waals surface area contributed by atoms with E-state index in [0.29, 0.717) is 5.92 Å². The van der Waals surface area contributed by atoms with Gasteiger partial charge in [0.2, 0.25) is 0 Å². The molecule has 98 valence electrons. The summed E-state index contributed by atoms with van der Waals surface area (Å²) in [4.78, 5) is 0. The van der Waals surface area contributed by atoms with Gasteiger partial charge in [-0.15, -0.1) is 5.28 Å². The van der Waals surface area contributed by atoms with Crippen LogP contribution in [0.1, 0.15) is 36.1 Å². The van der Waals surface area contributed by atoms with Crippen molar-refractivity contribution in [2.75, 3.05) is 6.54 Å². The van der Waals surface area contributed by atoms with Gasteiger partial charge >= 0.3 is 0 Å². The topological polar surface area (TPSA) is 17.0 Å². The fraction of sp³-hybridized carbons (Fsp3) is 0.500. The maximum Gasteiger partial charge on any atom is 0.118 e. The zero-order valence-electron chi connectivity index (χ0n) is 11.9. The molecule has 0 saturated heterocycles. The van der Waals surface area contributed by atoms with Gasteiger partial charge in [0.15, 0.2) is 0 Å². The van der Waals surface area contributed by atoms with Gasteiger partial charge in [0.1, 0.15) is 16.3 Å². The van der Waals surface area contributed by atoms with E-state index in [2.05, 4.69) is 58.2 Å². The normalized spacial score (nSPS) is 18.7. The summed E-state index contributed by atoms with van der Waals surface area (Å²) in [5.74, 6) is 0.612. The number of benzene rings is 1. The van der Waals surface area contributed by atoms with Crippen LogP contribution in [0.4, 0.5) is 0 Å². The third-order valence-corrected chi connectivity index (χ3v) is 4.58. The number of hydrogen-bond acceptors (Lipinski definition) is 1. The Morgan fingerprint density at radius 1 is 1.42 bits per heavy atom. The summed E-state index contributed by atoms with van der Waals surface area (Å²) in [6, 6.07) is 6.90. The van der Waals surface area contributed by atoms with Crippen molar-refractivity contribution in [3.05, 3.63) is 35.0 Å². The van der Waals surface area contributed by atoms with Gasteiger partial charge in [-0.3, -0.25) is 0 Å². The lowest BCUT2D eigenvalue weighted by atomic mass is 9.97. The minimum atomic E-state index is 0.612. The molecule has 2 radical (unpaired) electrons. The third-order valence-electron chi connectivity index (χ3n) is 4.17. The van der Waals surface area contributed by atoms with Crippen LogP contribution >= 0.6 is 0 Å². The van der Waals surface area contributed by atoms with Crippen LogP contribution in [0, 0.1) is 6.92 Å². The van der Waals surface area contributed by atoms with Crippen LogP contribution in [0.25, 0.3) is 10.9 Å². The van der Waals surface area contributed by atoms with E-state index >= 15 is 0 Å². The molecule has 2 aromatic rings. The van der Waals surface area contributed by atoms with Gasteiger partial charge in [-0.05, 0) is 31.0 Å². The summed E-state index contributed by atoms with van der Waals surface area (Å²) >= 11 is 2.84. The van der Waals surface area contributed by atoms with E-state index in [1.54, 1.807) is 5.69 Å². The van der Waals surface area contributed by atoms with E-state index in [1.165, 1.54) is 33.7 Å². The Bertz CT molecular complexity index is 600. The molecular weight excluding hydrogens is 247 g/mol. The van der Waals surface area contributed by atoms with Crippen molar-refractivity contribution in [2.45, 2.75) is 44.6 Å². The highest BCUT2D eigenvalue weighted by atomic mass is 27.0. The van der Waals surface area contributed by atoms with E-state index in [0.717, 1.165) is 19.6 Å². The van der Waals surface area contributed by atoms with Gasteiger partial charge in [-0.25, -0.2) is 0 Å². The molecule has 1 aliphatic heterocycles. The van der Waals surface area contributed by atoms with Crippen LogP contribution in [0.3, 0.4) is 0 Å². The Kier molecular flexibility index (Phi) is 3.71. The van der Waals surface area contributed by atoms with Crippen molar-refractivity contribution >= 4 is 27.2 Å². The lowest BCUT2D eigenvalue weighted by Crippen LogP contribution is -2.27. The van der Waals surface area contributed by atoms with Gasteiger partial charge in [-0.2, -0.15) is 0 Å². The van der Waals surface area contributed by atoms with Crippen molar-refractivity contribution in [3.63, 3.8) is 0 Å². The number of fused-ring (bicyclic) bond motifs is 3. The van der Waals surface area contributed by atoms with Crippen LogP contribution in [-0.4, -0.2) is 27.4 Å². The Morgan fingerprint density at radius 2 is 2.26 bits per heavy atom. The van der Waals surface area contributed by atoms with Gasteiger partial charge in [0, 0.05) is 42.1 Å². The van der Waals surface area contributed by atoms with Crippen LogP contribution < -0.4 is 5.32 Å². The molecule has 0 fully saturated rings. The molecule has 1 aromatic carbocycles. The van der Waals surface area contributed by atoms with Crippen molar-refractivity contribution in [3.8, 4) is 0 Å². The van der Waals surface area contributed by atoms with Gasteiger partial charge < -0.3 is 9.88 Å². The first-order valence-corrected chi connectivity index (χ1v) is 8.06. The van der Waals surface area contributed by atoms with E-state index in [-0.39, 0.29) is 0 Å². The Labute approximate surface area is 123 Å². The summed E-state index contributed by atoms with van der Waals surface area (Å²) in [5, 5.41) is 6.18. The zero-order valence-corrected chi connectivity index (χ0v) is 13.0. The van der Waals surface area contributed by atoms with Gasteiger partial charge in [0.25, 0.3) is 0 Å². The first-order chi connectivity index (χ1) is 9.22. The SMILES string of the molecule is Cc1ccc2c(c1)c1c(n2CC[CH2][Al])C(C)CNC1. The summed E-state index contributed by atoms with van der Waals surface area (Å²) in [5.41, 5.74) is 5.88. The fourth-order valence-corrected chi connectivity index (χ4v) is 3.49. The van der Waals surface area contributed by atoms with Crippen LogP contribution in [0.5, 0.6) is 0 Å². The van der Waals surface area contributed by atoms with Crippen molar-refractivity contribution in [2.24, 2.45) is 0 Å². The summed E-state index contributed by atoms with van der Waals surface area (Å²) < 4.78 is 2.57. The van der Waals surface area contributed by atoms with Crippen LogP contribution in [0.2, 0.25) is 5.28 Å². The maximum absolute atomic E-state index is 3.55. The standard InChI is InChI=1S/C16H21N2.Al/c1-4-7-18-15-6-5-11(2)8-13(15)14-10-17-9-12(3)16(14)18;/h5-6,8,12,17H,1,4,7,9-10H2,2-3H3;. The van der Waals surface area contributed by atoms with Crippen molar-refractivity contribution in [1.82, 2.24) is 9.88 Å². The van der Waals surface area contributed by atoms with Crippen LogP contribution in [0.15, 0.2) is 18.2 Å². The van der Waals surface area contributed by atoms with Gasteiger partial charge in [-0.1, -0.05) is 18.6 Å². The van der Waals surface area contributed by atoms with Crippen molar-refractivity contribution < 1.29 is 0 Å². The molecule has 0 aliphatic carbocycles. The molecule has 1 unspecified atom stereocenters. The second kappa shape index (κ2) is 5.33. The van der Waals surface area contributed by atoms with E-state index in [9.17, 15) is 0 Å². The lowest BCUT2D eigenvalue weighted by molar-refractivity contribution is 0.528. The molecule has 0 bridgehead atoms. The minimum Gasteiger partial charge on any atom is -0.344 e. The number of aryl methyl sites for hydroxylation is 2. The van der Waals surface area contributed by atoms with Gasteiger partial charge in [0.05, 0.1) is 0 Å². The zero-order chi connectivity index (χ0) is 13.4. The highest BCUT2D eigenvalue weighted by molar-refractivity contribution is 6.08. The third kappa shape index (κ3) is 2.25. The maximum atomic E-state index is 3.55. The molecule has 1 N–H and O–H groups in total. The largest absolute Gasteiger partial charge is 0.344 e. The molecule has 2 heterocycles. The predicted molar refractivity (Wildman–Crippen MR) is 82.0 cm³/mol. The number of aromatic nitrogens is 1. The number of nitrogens with one attached hydrogen (secondary N) is 1. The second-order valence-corrected chi connectivity index (χ2v) is 6.29. The minimum absolute atomic E-state index is 0.612. The summed E-state index contributed by atoms with van der Waals surface area (Å²) in [6.07, 6.45) is 1.23. The highest BCUT2D eigenvalue weighted by Gasteiger charge is 2.24. The highest BCUT2D eigenvalue weighted by Crippen LogP contribution is 2.34. The van der Waals surface area contributed by atoms with Crippen LogP contribution in [-0.2, 0) is 13.1 Å². The lowest BCUT2D eigenvalue weighted by Gasteiger charge is -2.23. The molecule has 0 amide bonds. The van der Waals surface area contributed by atoms with E-state index in [1.807, 2.05) is 0 Å².